The van der Waals surface area contributed by atoms with Gasteiger partial charge >= 0.3 is 0 Å². The van der Waals surface area contributed by atoms with Crippen molar-refractivity contribution >= 4 is 23.4 Å². The molecule has 0 atom stereocenters. The van der Waals surface area contributed by atoms with E-state index in [1.807, 2.05) is 49.4 Å². The molecular weight excluding hydrogens is 310 g/mol. The number of aryl methyl sites for hydroxylation is 1. The van der Waals surface area contributed by atoms with Gasteiger partial charge in [0, 0.05) is 23.1 Å². The van der Waals surface area contributed by atoms with Crippen LogP contribution in [-0.2, 0) is 4.79 Å². The summed E-state index contributed by atoms with van der Waals surface area (Å²) in [5.41, 5.74) is 2.59. The molecule has 116 valence electrons. The number of anilines is 1. The molecule has 7 heteroatoms. The summed E-state index contributed by atoms with van der Waals surface area (Å²) in [5.74, 6) is 0.815. The fraction of sp³-hybridized carbons (Fsp3) is 0.125. The number of benzene rings is 1. The van der Waals surface area contributed by atoms with Crippen molar-refractivity contribution in [2.75, 3.05) is 11.1 Å². The van der Waals surface area contributed by atoms with E-state index in [9.17, 15) is 4.79 Å². The summed E-state index contributed by atoms with van der Waals surface area (Å²) >= 11 is 1.30. The second kappa shape index (κ2) is 7.06. The average molecular weight is 325 g/mol. The fourth-order valence-electron chi connectivity index (χ4n) is 1.90. The molecule has 2 heterocycles. The molecule has 0 spiro atoms. The Morgan fingerprint density at radius 2 is 2.00 bits per heavy atom. The molecule has 1 aromatic carbocycles. The zero-order valence-electron chi connectivity index (χ0n) is 12.5. The summed E-state index contributed by atoms with van der Waals surface area (Å²) < 4.78 is 0. The van der Waals surface area contributed by atoms with Crippen LogP contribution in [0.2, 0.25) is 0 Å². The normalized spacial score (nSPS) is 10.5. The van der Waals surface area contributed by atoms with Crippen molar-refractivity contribution in [3.8, 4) is 11.4 Å². The van der Waals surface area contributed by atoms with Crippen LogP contribution in [0.5, 0.6) is 0 Å². The molecular formula is C16H15N5OS. The van der Waals surface area contributed by atoms with E-state index in [1.54, 1.807) is 6.20 Å². The van der Waals surface area contributed by atoms with Crippen LogP contribution in [0.1, 0.15) is 5.69 Å². The maximum atomic E-state index is 11.9. The van der Waals surface area contributed by atoms with E-state index in [-0.39, 0.29) is 11.7 Å². The van der Waals surface area contributed by atoms with E-state index < -0.39 is 0 Å². The summed E-state index contributed by atoms with van der Waals surface area (Å²) in [5, 5.41) is 11.5. The largest absolute Gasteiger partial charge is 0.325 e. The number of thioether (sulfide) groups is 1. The Hall–Kier alpha value is -2.67. The minimum absolute atomic E-state index is 0.0869. The van der Waals surface area contributed by atoms with Gasteiger partial charge in [0.25, 0.3) is 0 Å². The summed E-state index contributed by atoms with van der Waals surface area (Å²) in [7, 11) is 0. The molecule has 6 nitrogen and oxygen atoms in total. The summed E-state index contributed by atoms with van der Waals surface area (Å²) in [4.78, 5) is 19.2. The summed E-state index contributed by atoms with van der Waals surface area (Å²) in [6, 6.07) is 13.2. The topological polar surface area (TPSA) is 83.6 Å². The number of nitrogens with one attached hydrogen (secondary N) is 2. The van der Waals surface area contributed by atoms with Crippen LogP contribution in [0.25, 0.3) is 11.4 Å². The third-order valence-corrected chi connectivity index (χ3v) is 3.91. The maximum absolute atomic E-state index is 11.9. The number of amides is 1. The van der Waals surface area contributed by atoms with Gasteiger partial charge in [0.15, 0.2) is 11.0 Å². The van der Waals surface area contributed by atoms with Crippen LogP contribution in [-0.4, -0.2) is 31.8 Å². The Labute approximate surface area is 137 Å². The first kappa shape index (κ1) is 15.2. The van der Waals surface area contributed by atoms with Gasteiger partial charge in [-0.1, -0.05) is 30.0 Å². The van der Waals surface area contributed by atoms with E-state index in [4.69, 9.17) is 0 Å². The molecule has 0 radical (unpaired) electrons. The molecule has 0 saturated carbocycles. The minimum Gasteiger partial charge on any atom is -0.325 e. The number of carbonyl (C=O) groups excluding carboxylic acids is 1. The van der Waals surface area contributed by atoms with Gasteiger partial charge in [-0.25, -0.2) is 0 Å². The Balaban J connectivity index is 1.57. The Morgan fingerprint density at radius 1 is 1.17 bits per heavy atom. The van der Waals surface area contributed by atoms with Crippen molar-refractivity contribution in [3.63, 3.8) is 0 Å². The van der Waals surface area contributed by atoms with E-state index in [2.05, 4.69) is 25.5 Å². The molecule has 2 aromatic heterocycles. The van der Waals surface area contributed by atoms with E-state index in [0.29, 0.717) is 11.0 Å². The van der Waals surface area contributed by atoms with Gasteiger partial charge in [-0.05, 0) is 31.2 Å². The molecule has 0 aliphatic carbocycles. The molecule has 2 N–H and O–H groups in total. The smallest absolute Gasteiger partial charge is 0.234 e. The van der Waals surface area contributed by atoms with Crippen molar-refractivity contribution in [1.29, 1.82) is 0 Å². The molecule has 3 rings (SSSR count). The molecule has 0 unspecified atom stereocenters. The lowest BCUT2D eigenvalue weighted by molar-refractivity contribution is -0.113. The summed E-state index contributed by atoms with van der Waals surface area (Å²) in [6.45, 7) is 1.93. The van der Waals surface area contributed by atoms with E-state index >= 15 is 0 Å². The predicted molar refractivity (Wildman–Crippen MR) is 90.1 cm³/mol. The number of aromatic nitrogens is 4. The standard InChI is InChI=1S/C16H15N5OS/c1-11-7-8-12(9-17-11)15-19-16(21-20-15)23-10-14(22)18-13-5-3-2-4-6-13/h2-9H,10H2,1H3,(H,18,22)(H,19,20,21). The Kier molecular flexibility index (Phi) is 4.68. The first-order valence-corrected chi connectivity index (χ1v) is 8.03. The van der Waals surface area contributed by atoms with Gasteiger partial charge in [0.05, 0.1) is 5.75 Å². The maximum Gasteiger partial charge on any atom is 0.234 e. The van der Waals surface area contributed by atoms with Crippen molar-refractivity contribution in [2.24, 2.45) is 0 Å². The van der Waals surface area contributed by atoms with E-state index in [0.717, 1.165) is 16.9 Å². The van der Waals surface area contributed by atoms with Gasteiger partial charge in [0.1, 0.15) is 0 Å². The monoisotopic (exact) mass is 325 g/mol. The Morgan fingerprint density at radius 3 is 2.74 bits per heavy atom. The van der Waals surface area contributed by atoms with Crippen LogP contribution in [0, 0.1) is 6.92 Å². The molecule has 23 heavy (non-hydrogen) atoms. The molecule has 0 saturated heterocycles. The Bertz CT molecular complexity index is 786. The summed E-state index contributed by atoms with van der Waals surface area (Å²) in [6.07, 6.45) is 1.74. The molecule has 0 aliphatic rings. The predicted octanol–water partition coefficient (Wildman–Crippen LogP) is 2.91. The highest BCUT2D eigenvalue weighted by Crippen LogP contribution is 2.19. The van der Waals surface area contributed by atoms with Crippen LogP contribution >= 0.6 is 11.8 Å². The highest BCUT2D eigenvalue weighted by Gasteiger charge is 2.09. The highest BCUT2D eigenvalue weighted by atomic mass is 32.2. The quantitative estimate of drug-likeness (QED) is 0.705. The average Bonchev–Trinajstić information content (AvgIpc) is 3.04. The van der Waals surface area contributed by atoms with Gasteiger partial charge in [-0.15, -0.1) is 10.2 Å². The lowest BCUT2D eigenvalue weighted by Gasteiger charge is -2.03. The van der Waals surface area contributed by atoms with Crippen LogP contribution < -0.4 is 5.32 Å². The van der Waals surface area contributed by atoms with E-state index in [1.165, 1.54) is 11.8 Å². The molecule has 0 fully saturated rings. The number of rotatable bonds is 5. The van der Waals surface area contributed by atoms with Crippen LogP contribution in [0.3, 0.4) is 0 Å². The van der Waals surface area contributed by atoms with Gasteiger partial charge < -0.3 is 10.3 Å². The van der Waals surface area contributed by atoms with Crippen molar-refractivity contribution in [2.45, 2.75) is 12.1 Å². The first-order valence-electron chi connectivity index (χ1n) is 7.04. The molecule has 3 aromatic rings. The fourth-order valence-corrected chi connectivity index (χ4v) is 2.51. The van der Waals surface area contributed by atoms with Gasteiger partial charge in [0.2, 0.25) is 5.91 Å². The second-order valence-corrected chi connectivity index (χ2v) is 5.83. The lowest BCUT2D eigenvalue weighted by atomic mass is 10.2. The number of hydrogen-bond acceptors (Lipinski definition) is 5. The number of H-pyrrole nitrogens is 1. The zero-order chi connectivity index (χ0) is 16.1. The van der Waals surface area contributed by atoms with Gasteiger partial charge in [-0.3, -0.25) is 9.78 Å². The third-order valence-electron chi connectivity index (χ3n) is 3.05. The SMILES string of the molecule is Cc1ccc(-c2nnc(SCC(=O)Nc3ccccc3)[nH]2)cn1. The first-order chi connectivity index (χ1) is 11.2. The lowest BCUT2D eigenvalue weighted by Crippen LogP contribution is -2.13. The molecule has 1 amide bonds. The molecule has 0 aliphatic heterocycles. The number of pyridine rings is 1. The van der Waals surface area contributed by atoms with Crippen molar-refractivity contribution < 1.29 is 4.79 Å². The number of para-hydroxylation sites is 1. The van der Waals surface area contributed by atoms with Crippen molar-refractivity contribution in [1.82, 2.24) is 20.2 Å². The van der Waals surface area contributed by atoms with Crippen molar-refractivity contribution in [3.05, 3.63) is 54.4 Å². The third kappa shape index (κ3) is 4.17. The number of carbonyl (C=O) groups is 1. The highest BCUT2D eigenvalue weighted by molar-refractivity contribution is 7.99. The van der Waals surface area contributed by atoms with Crippen LogP contribution in [0.4, 0.5) is 5.69 Å². The number of nitrogens with zero attached hydrogens (tertiary/aromatic N) is 3. The van der Waals surface area contributed by atoms with Crippen LogP contribution in [0.15, 0.2) is 53.8 Å². The zero-order valence-corrected chi connectivity index (χ0v) is 13.3. The number of hydrogen-bond donors (Lipinski definition) is 2. The minimum atomic E-state index is -0.0869. The number of aromatic amines is 1. The second-order valence-electron chi connectivity index (χ2n) is 4.87. The molecule has 0 bridgehead atoms. The van der Waals surface area contributed by atoms with Gasteiger partial charge in [-0.2, -0.15) is 0 Å².